The minimum Gasteiger partial charge on any atom is -0.394 e. The van der Waals surface area contributed by atoms with Crippen molar-refractivity contribution in [3.8, 4) is 0 Å². The van der Waals surface area contributed by atoms with Crippen LogP contribution >= 0.6 is 11.8 Å². The standard InChI is InChI=1S/C24H28N8O3S/c1-13-11-18(32-31-13)28-21-19(25)20(23(34)26-12-16-3-2-10-35-16)29-24(30-21)36-17-8-6-15(7-9-17)27-22(33)14-4-5-14/h6-9,11,14,16H,2-5,10,12,25H2,1H3,(H,26,34)(H,27,33)(H2,28,29,30,31,32). The fourth-order valence-electron chi connectivity index (χ4n) is 3.76. The first kappa shape index (κ1) is 24.1. The van der Waals surface area contributed by atoms with E-state index in [0.29, 0.717) is 24.1 Å². The van der Waals surface area contributed by atoms with E-state index >= 15 is 0 Å². The maximum Gasteiger partial charge on any atom is 0.272 e. The van der Waals surface area contributed by atoms with Crippen LogP contribution in [0.3, 0.4) is 0 Å². The zero-order valence-electron chi connectivity index (χ0n) is 19.8. The largest absolute Gasteiger partial charge is 0.394 e. The van der Waals surface area contributed by atoms with Crippen molar-refractivity contribution in [3.05, 3.63) is 41.7 Å². The second-order valence-corrected chi connectivity index (χ2v) is 9.95. The number of ether oxygens (including phenoxy) is 1. The number of aromatic nitrogens is 4. The number of hydrogen-bond acceptors (Lipinski definition) is 9. The Bertz CT molecular complexity index is 1250. The summed E-state index contributed by atoms with van der Waals surface area (Å²) in [5, 5.41) is 16.2. The van der Waals surface area contributed by atoms with E-state index < -0.39 is 5.91 Å². The number of carbonyl (C=O) groups is 2. The molecular formula is C24H28N8O3S. The lowest BCUT2D eigenvalue weighted by Crippen LogP contribution is -2.33. The third kappa shape index (κ3) is 5.94. The van der Waals surface area contributed by atoms with E-state index in [4.69, 9.17) is 10.5 Å². The number of H-pyrrole nitrogens is 1. The number of nitrogen functional groups attached to an aromatic ring is 1. The van der Waals surface area contributed by atoms with Crippen molar-refractivity contribution in [3.63, 3.8) is 0 Å². The Morgan fingerprint density at radius 1 is 1.19 bits per heavy atom. The third-order valence-corrected chi connectivity index (χ3v) is 6.76. The van der Waals surface area contributed by atoms with E-state index in [1.54, 1.807) is 6.07 Å². The molecule has 188 valence electrons. The first-order valence-electron chi connectivity index (χ1n) is 11.9. The van der Waals surface area contributed by atoms with Crippen molar-refractivity contribution in [1.29, 1.82) is 0 Å². The minimum atomic E-state index is -0.397. The van der Waals surface area contributed by atoms with Gasteiger partial charge >= 0.3 is 0 Å². The molecule has 2 aromatic heterocycles. The van der Waals surface area contributed by atoms with E-state index in [1.807, 2.05) is 31.2 Å². The number of rotatable bonds is 9. The Balaban J connectivity index is 1.35. The molecule has 1 saturated carbocycles. The summed E-state index contributed by atoms with van der Waals surface area (Å²) in [4.78, 5) is 34.9. The van der Waals surface area contributed by atoms with Crippen LogP contribution < -0.4 is 21.7 Å². The number of nitrogens with one attached hydrogen (secondary N) is 4. The molecule has 0 spiro atoms. The zero-order valence-corrected chi connectivity index (χ0v) is 20.7. The number of aryl methyl sites for hydroxylation is 1. The summed E-state index contributed by atoms with van der Waals surface area (Å²) in [6.45, 7) is 2.97. The quantitative estimate of drug-likeness (QED) is 0.273. The van der Waals surface area contributed by atoms with E-state index in [0.717, 1.165) is 42.0 Å². The van der Waals surface area contributed by atoms with Crippen molar-refractivity contribution < 1.29 is 14.3 Å². The molecule has 2 fully saturated rings. The SMILES string of the molecule is Cc1cc(Nc2nc(Sc3ccc(NC(=O)C4CC4)cc3)nc(C(=O)NCC3CCCO3)c2N)n[nH]1. The zero-order chi connectivity index (χ0) is 25.1. The van der Waals surface area contributed by atoms with Gasteiger partial charge in [-0.3, -0.25) is 14.7 Å². The van der Waals surface area contributed by atoms with Gasteiger partial charge in [0.25, 0.3) is 5.91 Å². The number of benzene rings is 1. The molecule has 3 heterocycles. The molecule has 6 N–H and O–H groups in total. The van der Waals surface area contributed by atoms with Gasteiger partial charge in [0.05, 0.1) is 6.10 Å². The van der Waals surface area contributed by atoms with Gasteiger partial charge in [-0.15, -0.1) is 0 Å². The molecule has 11 nitrogen and oxygen atoms in total. The summed E-state index contributed by atoms with van der Waals surface area (Å²) < 4.78 is 5.59. The van der Waals surface area contributed by atoms with Gasteiger partial charge in [0.2, 0.25) is 5.91 Å². The van der Waals surface area contributed by atoms with Gasteiger partial charge in [0.15, 0.2) is 22.5 Å². The van der Waals surface area contributed by atoms with Crippen LogP contribution in [-0.2, 0) is 9.53 Å². The fraction of sp³-hybridized carbons (Fsp3) is 0.375. The van der Waals surface area contributed by atoms with Gasteiger partial charge in [-0.1, -0.05) is 0 Å². The Morgan fingerprint density at radius 3 is 2.67 bits per heavy atom. The van der Waals surface area contributed by atoms with Crippen molar-refractivity contribution in [2.75, 3.05) is 29.5 Å². The smallest absolute Gasteiger partial charge is 0.272 e. The fourth-order valence-corrected chi connectivity index (χ4v) is 4.52. The van der Waals surface area contributed by atoms with Crippen LogP contribution in [0, 0.1) is 12.8 Å². The van der Waals surface area contributed by atoms with Crippen LogP contribution in [0.5, 0.6) is 0 Å². The molecule has 12 heteroatoms. The molecule has 1 aliphatic carbocycles. The van der Waals surface area contributed by atoms with Crippen LogP contribution in [0.2, 0.25) is 0 Å². The Kier molecular flexibility index (Phi) is 7.05. The first-order valence-corrected chi connectivity index (χ1v) is 12.7. The van der Waals surface area contributed by atoms with E-state index in [-0.39, 0.29) is 35.1 Å². The van der Waals surface area contributed by atoms with Crippen molar-refractivity contribution in [2.24, 2.45) is 5.92 Å². The second kappa shape index (κ2) is 10.5. The number of aromatic amines is 1. The molecule has 3 aromatic rings. The van der Waals surface area contributed by atoms with Crippen LogP contribution in [0.15, 0.2) is 40.4 Å². The lowest BCUT2D eigenvalue weighted by atomic mass is 10.2. The second-order valence-electron chi connectivity index (χ2n) is 8.91. The van der Waals surface area contributed by atoms with Crippen molar-refractivity contribution in [2.45, 2.75) is 48.8 Å². The Hall–Kier alpha value is -3.64. The lowest BCUT2D eigenvalue weighted by molar-refractivity contribution is -0.117. The predicted octanol–water partition coefficient (Wildman–Crippen LogP) is 3.24. The molecule has 1 unspecified atom stereocenters. The Labute approximate surface area is 212 Å². The minimum absolute atomic E-state index is 0.00518. The number of nitrogens with two attached hydrogens (primary N) is 1. The maximum atomic E-state index is 13.0. The molecule has 0 radical (unpaired) electrons. The van der Waals surface area contributed by atoms with Gasteiger partial charge in [-0.2, -0.15) is 5.10 Å². The molecule has 1 saturated heterocycles. The lowest BCUT2D eigenvalue weighted by Gasteiger charge is -2.14. The molecule has 5 rings (SSSR count). The average Bonchev–Trinajstić information content (AvgIpc) is 3.44. The molecule has 2 aliphatic rings. The summed E-state index contributed by atoms with van der Waals surface area (Å²) in [6, 6.07) is 9.21. The average molecular weight is 509 g/mol. The molecule has 1 atom stereocenters. The monoisotopic (exact) mass is 508 g/mol. The highest BCUT2D eigenvalue weighted by Gasteiger charge is 2.29. The molecule has 36 heavy (non-hydrogen) atoms. The third-order valence-electron chi connectivity index (χ3n) is 5.89. The summed E-state index contributed by atoms with van der Waals surface area (Å²) in [5.41, 5.74) is 8.12. The normalized spacial score (nSPS) is 17.1. The molecule has 1 aliphatic heterocycles. The summed E-state index contributed by atoms with van der Waals surface area (Å²) in [5.74, 6) is 0.605. The maximum absolute atomic E-state index is 13.0. The topological polar surface area (TPSA) is 160 Å². The van der Waals surface area contributed by atoms with Gasteiger partial charge in [-0.05, 0) is 68.6 Å². The molecule has 0 bridgehead atoms. The van der Waals surface area contributed by atoms with Crippen LogP contribution in [0.25, 0.3) is 0 Å². The van der Waals surface area contributed by atoms with Crippen molar-refractivity contribution in [1.82, 2.24) is 25.5 Å². The van der Waals surface area contributed by atoms with Gasteiger partial charge in [0.1, 0.15) is 5.69 Å². The highest BCUT2D eigenvalue weighted by atomic mass is 32.2. The number of carbonyl (C=O) groups excluding carboxylic acids is 2. The van der Waals surface area contributed by atoms with Crippen molar-refractivity contribution >= 4 is 46.6 Å². The van der Waals surface area contributed by atoms with Gasteiger partial charge in [-0.25, -0.2) is 9.97 Å². The highest BCUT2D eigenvalue weighted by Crippen LogP contribution is 2.32. The molecular weight excluding hydrogens is 480 g/mol. The first-order chi connectivity index (χ1) is 17.4. The summed E-state index contributed by atoms with van der Waals surface area (Å²) >= 11 is 1.28. The van der Waals surface area contributed by atoms with Gasteiger partial charge < -0.3 is 26.4 Å². The summed E-state index contributed by atoms with van der Waals surface area (Å²) in [7, 11) is 0. The van der Waals surface area contributed by atoms with E-state index in [9.17, 15) is 9.59 Å². The van der Waals surface area contributed by atoms with Crippen LogP contribution in [0.1, 0.15) is 41.9 Å². The number of nitrogens with zero attached hydrogens (tertiary/aromatic N) is 3. The van der Waals surface area contributed by atoms with Crippen LogP contribution in [-0.4, -0.2) is 51.2 Å². The number of amides is 2. The van der Waals surface area contributed by atoms with Crippen LogP contribution in [0.4, 0.5) is 23.0 Å². The molecule has 1 aromatic carbocycles. The number of hydrogen-bond donors (Lipinski definition) is 5. The summed E-state index contributed by atoms with van der Waals surface area (Å²) in [6.07, 6.45) is 3.78. The molecule has 2 amide bonds. The van der Waals surface area contributed by atoms with E-state index in [1.165, 1.54) is 11.8 Å². The number of anilines is 4. The van der Waals surface area contributed by atoms with Gasteiger partial charge in [0, 0.05) is 41.4 Å². The van der Waals surface area contributed by atoms with E-state index in [2.05, 4.69) is 36.1 Å². The Morgan fingerprint density at radius 2 is 2.00 bits per heavy atom. The highest BCUT2D eigenvalue weighted by molar-refractivity contribution is 7.99. The predicted molar refractivity (Wildman–Crippen MR) is 136 cm³/mol.